The molecule has 1 aliphatic rings. The van der Waals surface area contributed by atoms with E-state index in [1.807, 2.05) is 13.1 Å². The maximum Gasteiger partial charge on any atom is 0.191 e. The van der Waals surface area contributed by atoms with Crippen molar-refractivity contribution >= 4 is 17.3 Å². The largest absolute Gasteiger partial charge is 0.357 e. The Bertz CT molecular complexity index is 477. The molecular formula is C17H31N5S. The molecule has 2 heterocycles. The quantitative estimate of drug-likeness (QED) is 0.456. The Hall–Kier alpha value is -1.14. The van der Waals surface area contributed by atoms with Crippen LogP contribution >= 0.6 is 11.3 Å². The Morgan fingerprint density at radius 3 is 2.83 bits per heavy atom. The number of piperidine rings is 1. The fourth-order valence-electron chi connectivity index (χ4n) is 2.77. The van der Waals surface area contributed by atoms with E-state index in [4.69, 9.17) is 0 Å². The average Bonchev–Trinajstić information content (AvgIpc) is 2.96. The molecule has 130 valence electrons. The second kappa shape index (κ2) is 9.88. The van der Waals surface area contributed by atoms with Crippen LogP contribution in [0.3, 0.4) is 0 Å². The number of aromatic nitrogens is 1. The summed E-state index contributed by atoms with van der Waals surface area (Å²) in [6.07, 6.45) is 5.79. The topological polar surface area (TPSA) is 52.6 Å². The molecule has 0 saturated carbocycles. The van der Waals surface area contributed by atoms with Gasteiger partial charge < -0.3 is 15.5 Å². The molecule has 5 nitrogen and oxygen atoms in total. The van der Waals surface area contributed by atoms with Crippen LogP contribution in [-0.2, 0) is 6.54 Å². The Morgan fingerprint density at radius 1 is 1.39 bits per heavy atom. The standard InChI is InChI=1S/C17H31N5S/c1-4-18-17(21-13-16-12-20-15(3)23-16)19-8-5-9-22-10-6-14(2)7-11-22/h12,14H,4-11,13H2,1-3H3,(H2,18,19,21). The van der Waals surface area contributed by atoms with Gasteiger partial charge in [0.25, 0.3) is 0 Å². The van der Waals surface area contributed by atoms with Crippen molar-refractivity contribution in [3.63, 3.8) is 0 Å². The van der Waals surface area contributed by atoms with E-state index in [2.05, 4.69) is 39.4 Å². The predicted molar refractivity (Wildman–Crippen MR) is 99.1 cm³/mol. The third-order valence-corrected chi connectivity index (χ3v) is 5.12. The number of aliphatic imine (C=N–C) groups is 1. The van der Waals surface area contributed by atoms with Gasteiger partial charge in [0, 0.05) is 24.2 Å². The van der Waals surface area contributed by atoms with Crippen LogP contribution in [0.5, 0.6) is 0 Å². The number of nitrogens with zero attached hydrogens (tertiary/aromatic N) is 3. The lowest BCUT2D eigenvalue weighted by Gasteiger charge is -2.30. The number of hydrogen-bond acceptors (Lipinski definition) is 4. The van der Waals surface area contributed by atoms with Crippen LogP contribution in [0.2, 0.25) is 0 Å². The molecule has 1 saturated heterocycles. The molecule has 0 atom stereocenters. The van der Waals surface area contributed by atoms with Gasteiger partial charge in [-0.05, 0) is 58.7 Å². The highest BCUT2D eigenvalue weighted by molar-refractivity contribution is 7.11. The molecule has 1 aliphatic heterocycles. The summed E-state index contributed by atoms with van der Waals surface area (Å²) >= 11 is 1.71. The van der Waals surface area contributed by atoms with Crippen LogP contribution in [0.25, 0.3) is 0 Å². The summed E-state index contributed by atoms with van der Waals surface area (Å²) in [5.74, 6) is 1.82. The third kappa shape index (κ3) is 6.87. The van der Waals surface area contributed by atoms with E-state index in [0.29, 0.717) is 6.54 Å². The monoisotopic (exact) mass is 337 g/mol. The summed E-state index contributed by atoms with van der Waals surface area (Å²) in [7, 11) is 0. The second-order valence-electron chi connectivity index (χ2n) is 6.35. The van der Waals surface area contributed by atoms with Gasteiger partial charge in [-0.25, -0.2) is 9.98 Å². The van der Waals surface area contributed by atoms with Crippen molar-refractivity contribution in [2.45, 2.75) is 46.6 Å². The molecule has 0 radical (unpaired) electrons. The molecule has 0 amide bonds. The maximum atomic E-state index is 4.64. The first-order valence-electron chi connectivity index (χ1n) is 8.83. The van der Waals surface area contributed by atoms with Crippen LogP contribution in [0, 0.1) is 12.8 Å². The highest BCUT2D eigenvalue weighted by atomic mass is 32.1. The van der Waals surface area contributed by atoms with Crippen molar-refractivity contribution in [1.29, 1.82) is 0 Å². The molecule has 0 spiro atoms. The molecular weight excluding hydrogens is 306 g/mol. The lowest BCUT2D eigenvalue weighted by molar-refractivity contribution is 0.191. The fraction of sp³-hybridized carbons (Fsp3) is 0.765. The summed E-state index contributed by atoms with van der Waals surface area (Å²) in [6, 6.07) is 0. The van der Waals surface area contributed by atoms with Crippen molar-refractivity contribution in [3.05, 3.63) is 16.1 Å². The van der Waals surface area contributed by atoms with Crippen LogP contribution in [0.15, 0.2) is 11.2 Å². The number of nitrogens with one attached hydrogen (secondary N) is 2. The first-order chi connectivity index (χ1) is 11.2. The first kappa shape index (κ1) is 18.2. The second-order valence-corrected chi connectivity index (χ2v) is 7.66. The highest BCUT2D eigenvalue weighted by Crippen LogP contribution is 2.15. The average molecular weight is 338 g/mol. The van der Waals surface area contributed by atoms with Gasteiger partial charge in [0.05, 0.1) is 11.6 Å². The van der Waals surface area contributed by atoms with Gasteiger partial charge in [-0.3, -0.25) is 0 Å². The normalized spacial score (nSPS) is 17.4. The smallest absolute Gasteiger partial charge is 0.191 e. The number of likely N-dealkylation sites (tertiary alicyclic amines) is 1. The van der Waals surface area contributed by atoms with Gasteiger partial charge in [0.1, 0.15) is 0 Å². The van der Waals surface area contributed by atoms with E-state index >= 15 is 0 Å². The lowest BCUT2D eigenvalue weighted by Crippen LogP contribution is -2.39. The molecule has 1 aromatic rings. The minimum atomic E-state index is 0.699. The SMILES string of the molecule is CCNC(=NCc1cnc(C)s1)NCCCN1CCC(C)CC1. The first-order valence-corrected chi connectivity index (χ1v) is 9.65. The number of guanidine groups is 1. The minimum absolute atomic E-state index is 0.699. The van der Waals surface area contributed by atoms with Crippen LogP contribution < -0.4 is 10.6 Å². The molecule has 0 unspecified atom stereocenters. The molecule has 0 bridgehead atoms. The molecule has 0 aliphatic carbocycles. The van der Waals surface area contributed by atoms with E-state index in [-0.39, 0.29) is 0 Å². The Kier molecular flexibility index (Phi) is 7.82. The predicted octanol–water partition coefficient (Wildman–Crippen LogP) is 2.63. The van der Waals surface area contributed by atoms with E-state index in [1.165, 1.54) is 43.8 Å². The molecule has 2 rings (SSSR count). The van der Waals surface area contributed by atoms with Gasteiger partial charge in [-0.1, -0.05) is 6.92 Å². The zero-order chi connectivity index (χ0) is 16.5. The highest BCUT2D eigenvalue weighted by Gasteiger charge is 2.14. The molecule has 6 heteroatoms. The molecule has 2 N–H and O–H groups in total. The summed E-state index contributed by atoms with van der Waals surface area (Å²) in [4.78, 5) is 12.7. The zero-order valence-electron chi connectivity index (χ0n) is 14.8. The van der Waals surface area contributed by atoms with Crippen molar-refractivity contribution in [2.24, 2.45) is 10.9 Å². The van der Waals surface area contributed by atoms with Gasteiger partial charge in [0.15, 0.2) is 5.96 Å². The van der Waals surface area contributed by atoms with Crippen molar-refractivity contribution in [1.82, 2.24) is 20.5 Å². The van der Waals surface area contributed by atoms with E-state index in [0.717, 1.165) is 30.0 Å². The summed E-state index contributed by atoms with van der Waals surface area (Å²) in [6.45, 7) is 12.8. The minimum Gasteiger partial charge on any atom is -0.357 e. The third-order valence-electron chi connectivity index (χ3n) is 4.23. The summed E-state index contributed by atoms with van der Waals surface area (Å²) in [5, 5.41) is 7.86. The number of hydrogen-bond donors (Lipinski definition) is 2. The van der Waals surface area contributed by atoms with Crippen LogP contribution in [0.1, 0.15) is 43.0 Å². The number of thiazole rings is 1. The zero-order valence-corrected chi connectivity index (χ0v) is 15.6. The fourth-order valence-corrected chi connectivity index (χ4v) is 3.49. The van der Waals surface area contributed by atoms with Gasteiger partial charge in [-0.2, -0.15) is 0 Å². The van der Waals surface area contributed by atoms with Crippen molar-refractivity contribution < 1.29 is 0 Å². The molecule has 0 aromatic carbocycles. The Labute approximate surface area is 144 Å². The van der Waals surface area contributed by atoms with Gasteiger partial charge in [0.2, 0.25) is 0 Å². The Balaban J connectivity index is 1.67. The number of rotatable bonds is 7. The van der Waals surface area contributed by atoms with Crippen LogP contribution in [-0.4, -0.2) is 48.6 Å². The van der Waals surface area contributed by atoms with Gasteiger partial charge >= 0.3 is 0 Å². The molecule has 1 aromatic heterocycles. The van der Waals surface area contributed by atoms with E-state index in [9.17, 15) is 0 Å². The maximum absolute atomic E-state index is 4.64. The lowest BCUT2D eigenvalue weighted by atomic mass is 9.99. The van der Waals surface area contributed by atoms with Crippen molar-refractivity contribution in [3.8, 4) is 0 Å². The Morgan fingerprint density at radius 2 is 2.17 bits per heavy atom. The van der Waals surface area contributed by atoms with Gasteiger partial charge in [-0.15, -0.1) is 11.3 Å². The molecule has 1 fully saturated rings. The summed E-state index contributed by atoms with van der Waals surface area (Å²) in [5.41, 5.74) is 0. The van der Waals surface area contributed by atoms with E-state index < -0.39 is 0 Å². The summed E-state index contributed by atoms with van der Waals surface area (Å²) < 4.78 is 0. The van der Waals surface area contributed by atoms with Crippen LogP contribution in [0.4, 0.5) is 0 Å². The van der Waals surface area contributed by atoms with E-state index in [1.54, 1.807) is 11.3 Å². The molecule has 23 heavy (non-hydrogen) atoms. The van der Waals surface area contributed by atoms with Crippen molar-refractivity contribution in [2.75, 3.05) is 32.7 Å². The number of aryl methyl sites for hydroxylation is 1.